The first-order valence-corrected chi connectivity index (χ1v) is 5.17. The van der Waals surface area contributed by atoms with Crippen LogP contribution < -0.4 is 14.2 Å². The first-order valence-electron chi connectivity index (χ1n) is 5.17. The lowest BCUT2D eigenvalue weighted by Gasteiger charge is -2.10. The Balaban J connectivity index is 2.78. The summed E-state index contributed by atoms with van der Waals surface area (Å²) in [5.74, 6) is 2.21. The van der Waals surface area contributed by atoms with E-state index in [9.17, 15) is 0 Å². The molecule has 0 aromatic heterocycles. The molecule has 0 heterocycles. The average molecular weight is 222 g/mol. The van der Waals surface area contributed by atoms with E-state index >= 15 is 0 Å². The van der Waals surface area contributed by atoms with Crippen molar-refractivity contribution in [3.05, 3.63) is 29.8 Å². The van der Waals surface area contributed by atoms with Crippen LogP contribution in [0.25, 0.3) is 0 Å². The van der Waals surface area contributed by atoms with E-state index in [2.05, 4.69) is 0 Å². The summed E-state index contributed by atoms with van der Waals surface area (Å²) < 4.78 is 15.9. The normalized spacial score (nSPS) is 11.1. The zero-order valence-electron chi connectivity index (χ0n) is 10.2. The minimum Gasteiger partial charge on any atom is -0.496 e. The third-order valence-electron chi connectivity index (χ3n) is 2.28. The quantitative estimate of drug-likeness (QED) is 0.717. The minimum atomic E-state index is 0.576. The Bertz CT molecular complexity index is 347. The fraction of sp³-hybridized carbons (Fsp3) is 0.385. The highest BCUT2D eigenvalue weighted by Crippen LogP contribution is 2.27. The molecule has 16 heavy (non-hydrogen) atoms. The van der Waals surface area contributed by atoms with E-state index in [1.54, 1.807) is 14.2 Å². The standard InChI is InChI=1S/C13H18O3/c1-5-10(2)9-16-13-7-11(14-3)6-12(8-13)15-4/h5-8H,9H2,1-4H3/b10-5+. The summed E-state index contributed by atoms with van der Waals surface area (Å²) in [6, 6.07) is 5.49. The van der Waals surface area contributed by atoms with E-state index in [1.165, 1.54) is 5.57 Å². The van der Waals surface area contributed by atoms with Crippen molar-refractivity contribution in [1.82, 2.24) is 0 Å². The van der Waals surface area contributed by atoms with Gasteiger partial charge in [-0.15, -0.1) is 0 Å². The third-order valence-corrected chi connectivity index (χ3v) is 2.28. The van der Waals surface area contributed by atoms with E-state index in [0.717, 1.165) is 17.2 Å². The Hall–Kier alpha value is -1.64. The van der Waals surface area contributed by atoms with Crippen molar-refractivity contribution in [3.8, 4) is 17.2 Å². The zero-order valence-corrected chi connectivity index (χ0v) is 10.2. The molecule has 0 fully saturated rings. The van der Waals surface area contributed by atoms with Gasteiger partial charge in [0.25, 0.3) is 0 Å². The van der Waals surface area contributed by atoms with Gasteiger partial charge < -0.3 is 14.2 Å². The monoisotopic (exact) mass is 222 g/mol. The average Bonchev–Trinajstić information content (AvgIpc) is 2.35. The number of benzene rings is 1. The molecule has 0 atom stereocenters. The number of hydrogen-bond donors (Lipinski definition) is 0. The molecule has 0 aliphatic heterocycles. The van der Waals surface area contributed by atoms with Gasteiger partial charge in [0.2, 0.25) is 0 Å². The van der Waals surface area contributed by atoms with Crippen LogP contribution in [0.15, 0.2) is 29.8 Å². The number of methoxy groups -OCH3 is 2. The molecule has 0 bridgehead atoms. The molecule has 0 amide bonds. The van der Waals surface area contributed by atoms with Gasteiger partial charge in [-0.3, -0.25) is 0 Å². The van der Waals surface area contributed by atoms with E-state index < -0.39 is 0 Å². The lowest BCUT2D eigenvalue weighted by molar-refractivity contribution is 0.340. The first-order chi connectivity index (χ1) is 7.69. The summed E-state index contributed by atoms with van der Waals surface area (Å²) in [5, 5.41) is 0. The van der Waals surface area contributed by atoms with Crippen molar-refractivity contribution in [2.75, 3.05) is 20.8 Å². The van der Waals surface area contributed by atoms with Crippen molar-refractivity contribution in [1.29, 1.82) is 0 Å². The number of rotatable bonds is 5. The lowest BCUT2D eigenvalue weighted by atomic mass is 10.3. The predicted octanol–water partition coefficient (Wildman–Crippen LogP) is 3.05. The highest BCUT2D eigenvalue weighted by atomic mass is 16.5. The lowest BCUT2D eigenvalue weighted by Crippen LogP contribution is -1.99. The van der Waals surface area contributed by atoms with Crippen LogP contribution in [0.2, 0.25) is 0 Å². The van der Waals surface area contributed by atoms with Crippen LogP contribution in [0.3, 0.4) is 0 Å². The number of allylic oxidation sites excluding steroid dienone is 1. The van der Waals surface area contributed by atoms with Gasteiger partial charge in [-0.05, 0) is 19.4 Å². The molecular weight excluding hydrogens is 204 g/mol. The molecule has 1 aromatic carbocycles. The van der Waals surface area contributed by atoms with Gasteiger partial charge in [0.15, 0.2) is 0 Å². The molecular formula is C13H18O3. The topological polar surface area (TPSA) is 27.7 Å². The fourth-order valence-corrected chi connectivity index (χ4v) is 1.15. The Morgan fingerprint density at radius 2 is 1.56 bits per heavy atom. The number of ether oxygens (including phenoxy) is 3. The van der Waals surface area contributed by atoms with Gasteiger partial charge in [-0.1, -0.05) is 6.08 Å². The van der Waals surface area contributed by atoms with E-state index in [1.807, 2.05) is 38.1 Å². The van der Waals surface area contributed by atoms with Crippen molar-refractivity contribution >= 4 is 0 Å². The Morgan fingerprint density at radius 3 is 2.00 bits per heavy atom. The van der Waals surface area contributed by atoms with Gasteiger partial charge in [0.05, 0.1) is 14.2 Å². The van der Waals surface area contributed by atoms with Gasteiger partial charge in [0, 0.05) is 18.2 Å². The van der Waals surface area contributed by atoms with Crippen LogP contribution in [0, 0.1) is 0 Å². The molecule has 0 spiro atoms. The van der Waals surface area contributed by atoms with Crippen molar-refractivity contribution in [2.24, 2.45) is 0 Å². The SMILES string of the molecule is C/C=C(\C)COc1cc(OC)cc(OC)c1. The second-order valence-corrected chi connectivity index (χ2v) is 3.47. The van der Waals surface area contributed by atoms with Crippen LogP contribution in [-0.4, -0.2) is 20.8 Å². The van der Waals surface area contributed by atoms with Crippen LogP contribution in [0.4, 0.5) is 0 Å². The molecule has 0 saturated heterocycles. The highest BCUT2D eigenvalue weighted by Gasteiger charge is 2.02. The Labute approximate surface area is 96.6 Å². The van der Waals surface area contributed by atoms with Gasteiger partial charge >= 0.3 is 0 Å². The molecule has 1 aromatic rings. The Morgan fingerprint density at radius 1 is 1.06 bits per heavy atom. The maximum absolute atomic E-state index is 5.62. The summed E-state index contributed by atoms with van der Waals surface area (Å²) in [6.07, 6.45) is 2.03. The summed E-state index contributed by atoms with van der Waals surface area (Å²) >= 11 is 0. The summed E-state index contributed by atoms with van der Waals surface area (Å²) in [7, 11) is 3.24. The Kier molecular flexibility index (Phi) is 4.70. The summed E-state index contributed by atoms with van der Waals surface area (Å²) in [6.45, 7) is 4.59. The van der Waals surface area contributed by atoms with Crippen molar-refractivity contribution in [3.63, 3.8) is 0 Å². The van der Waals surface area contributed by atoms with Gasteiger partial charge in [-0.2, -0.15) is 0 Å². The summed E-state index contributed by atoms with van der Waals surface area (Å²) in [5.41, 5.74) is 1.18. The van der Waals surface area contributed by atoms with Crippen molar-refractivity contribution in [2.45, 2.75) is 13.8 Å². The molecule has 0 saturated carbocycles. The molecule has 3 heteroatoms. The van der Waals surface area contributed by atoms with Crippen LogP contribution >= 0.6 is 0 Å². The van der Waals surface area contributed by atoms with Crippen molar-refractivity contribution < 1.29 is 14.2 Å². The molecule has 0 aliphatic carbocycles. The van der Waals surface area contributed by atoms with Crippen LogP contribution in [0.5, 0.6) is 17.2 Å². The maximum atomic E-state index is 5.62. The molecule has 0 unspecified atom stereocenters. The largest absolute Gasteiger partial charge is 0.496 e. The smallest absolute Gasteiger partial charge is 0.127 e. The first kappa shape index (κ1) is 12.4. The second kappa shape index (κ2) is 6.05. The minimum absolute atomic E-state index is 0.576. The van der Waals surface area contributed by atoms with E-state index in [4.69, 9.17) is 14.2 Å². The molecule has 0 radical (unpaired) electrons. The maximum Gasteiger partial charge on any atom is 0.127 e. The molecule has 88 valence electrons. The predicted molar refractivity (Wildman–Crippen MR) is 64.5 cm³/mol. The molecule has 1 rings (SSSR count). The van der Waals surface area contributed by atoms with Crippen LogP contribution in [-0.2, 0) is 0 Å². The fourth-order valence-electron chi connectivity index (χ4n) is 1.15. The van der Waals surface area contributed by atoms with E-state index in [0.29, 0.717) is 6.61 Å². The van der Waals surface area contributed by atoms with Crippen LogP contribution in [0.1, 0.15) is 13.8 Å². The molecule has 0 aliphatic rings. The molecule has 3 nitrogen and oxygen atoms in total. The second-order valence-electron chi connectivity index (χ2n) is 3.47. The molecule has 0 N–H and O–H groups in total. The van der Waals surface area contributed by atoms with Gasteiger partial charge in [0.1, 0.15) is 23.9 Å². The highest BCUT2D eigenvalue weighted by molar-refractivity contribution is 5.42. The van der Waals surface area contributed by atoms with E-state index in [-0.39, 0.29) is 0 Å². The third kappa shape index (κ3) is 3.50. The zero-order chi connectivity index (χ0) is 12.0. The number of hydrogen-bond acceptors (Lipinski definition) is 3. The summed E-state index contributed by atoms with van der Waals surface area (Å²) in [4.78, 5) is 0. The van der Waals surface area contributed by atoms with Gasteiger partial charge in [-0.25, -0.2) is 0 Å².